The van der Waals surface area contributed by atoms with Crippen molar-refractivity contribution in [2.75, 3.05) is 32.0 Å². The van der Waals surface area contributed by atoms with Crippen molar-refractivity contribution in [3.8, 4) is 17.5 Å². The number of anilines is 1. The molecule has 1 fully saturated rings. The van der Waals surface area contributed by atoms with Gasteiger partial charge in [-0.2, -0.15) is 10.2 Å². The van der Waals surface area contributed by atoms with E-state index in [1.165, 1.54) is 24.3 Å². The molecule has 1 aliphatic heterocycles. The van der Waals surface area contributed by atoms with Crippen LogP contribution in [0.4, 0.5) is 14.5 Å². The molecule has 0 radical (unpaired) electrons. The summed E-state index contributed by atoms with van der Waals surface area (Å²) < 4.78 is 35.4. The number of likely N-dealkylation sites (tertiary alicyclic amines) is 1. The summed E-state index contributed by atoms with van der Waals surface area (Å²) in [6, 6.07) is 13.0. The van der Waals surface area contributed by atoms with Gasteiger partial charge in [0, 0.05) is 41.7 Å². The molecule has 1 aromatic heterocycles. The largest absolute Gasteiger partial charge is 0.388 e. The number of hydrogen-bond donors (Lipinski definition) is 3. The van der Waals surface area contributed by atoms with Crippen molar-refractivity contribution in [3.05, 3.63) is 65.0 Å². The molecule has 2 aromatic carbocycles. The summed E-state index contributed by atoms with van der Waals surface area (Å²) in [5.41, 5.74) is 2.75. The molecular formula is C26H25F2N7O3. The van der Waals surface area contributed by atoms with E-state index in [-0.39, 0.29) is 35.8 Å². The monoisotopic (exact) mass is 521 g/mol. The van der Waals surface area contributed by atoms with Gasteiger partial charge in [-0.1, -0.05) is 23.4 Å². The van der Waals surface area contributed by atoms with Crippen molar-refractivity contribution in [1.29, 1.82) is 10.7 Å². The maximum Gasteiger partial charge on any atom is 0.276 e. The van der Waals surface area contributed by atoms with Crippen LogP contribution in [-0.4, -0.2) is 65.2 Å². The van der Waals surface area contributed by atoms with Gasteiger partial charge in [0.2, 0.25) is 17.6 Å². The number of carbonyl (C=O) groups is 2. The second kappa shape index (κ2) is 10.8. The average molecular weight is 522 g/mol. The van der Waals surface area contributed by atoms with Crippen LogP contribution in [0, 0.1) is 16.7 Å². The van der Waals surface area contributed by atoms with Gasteiger partial charge in [-0.25, -0.2) is 8.78 Å². The molecule has 196 valence electrons. The van der Waals surface area contributed by atoms with Crippen molar-refractivity contribution >= 4 is 23.2 Å². The zero-order chi connectivity index (χ0) is 27.4. The van der Waals surface area contributed by atoms with E-state index in [4.69, 9.17) is 15.2 Å². The molecule has 4 rings (SSSR count). The van der Waals surface area contributed by atoms with Gasteiger partial charge < -0.3 is 25.5 Å². The maximum atomic E-state index is 15.1. The van der Waals surface area contributed by atoms with Crippen molar-refractivity contribution in [1.82, 2.24) is 20.4 Å². The molecule has 3 N–H and O–H groups in total. The fourth-order valence-electron chi connectivity index (χ4n) is 4.27. The molecule has 2 amide bonds. The molecule has 0 spiro atoms. The number of amides is 2. The van der Waals surface area contributed by atoms with Crippen LogP contribution < -0.4 is 10.6 Å². The van der Waals surface area contributed by atoms with Crippen molar-refractivity contribution in [2.45, 2.75) is 25.2 Å². The summed E-state index contributed by atoms with van der Waals surface area (Å²) in [6.07, 6.45) is -0.105. The molecule has 3 aromatic rings. The highest BCUT2D eigenvalue weighted by atomic mass is 19.3. The average Bonchev–Trinajstić information content (AvgIpc) is 3.40. The van der Waals surface area contributed by atoms with E-state index in [0.29, 0.717) is 22.5 Å². The molecule has 1 saturated heterocycles. The molecule has 0 bridgehead atoms. The first kappa shape index (κ1) is 26.4. The predicted octanol–water partition coefficient (Wildman–Crippen LogP) is 3.42. The lowest BCUT2D eigenvalue weighted by molar-refractivity contribution is -0.144. The normalized spacial score (nSPS) is 16.4. The fourth-order valence-corrected chi connectivity index (χ4v) is 4.27. The van der Waals surface area contributed by atoms with Crippen molar-refractivity contribution < 1.29 is 22.9 Å². The van der Waals surface area contributed by atoms with Gasteiger partial charge in [-0.05, 0) is 37.6 Å². The number of halogens is 2. The maximum absolute atomic E-state index is 15.1. The number of nitrogens with one attached hydrogen (secondary N) is 3. The van der Waals surface area contributed by atoms with Crippen LogP contribution in [0.1, 0.15) is 46.6 Å². The van der Waals surface area contributed by atoms with E-state index in [9.17, 15) is 9.59 Å². The highest BCUT2D eigenvalue weighted by molar-refractivity contribution is 6.02. The number of rotatable bonds is 7. The number of aromatic nitrogens is 2. The Labute approximate surface area is 217 Å². The van der Waals surface area contributed by atoms with E-state index in [2.05, 4.69) is 20.8 Å². The molecule has 38 heavy (non-hydrogen) atoms. The number of nitriles is 1. The fraction of sp³-hybridized carbons (Fsp3) is 0.308. The van der Waals surface area contributed by atoms with Crippen molar-refractivity contribution in [3.63, 3.8) is 0 Å². The zero-order valence-electron chi connectivity index (χ0n) is 20.7. The quantitative estimate of drug-likeness (QED) is 0.404. The minimum absolute atomic E-state index is 0.0216. The van der Waals surface area contributed by atoms with Gasteiger partial charge in [0.15, 0.2) is 0 Å². The van der Waals surface area contributed by atoms with E-state index in [1.807, 2.05) is 6.07 Å². The Hall–Kier alpha value is -4.66. The van der Waals surface area contributed by atoms with Crippen LogP contribution in [0.25, 0.3) is 11.4 Å². The Balaban J connectivity index is 1.40. The first-order valence-corrected chi connectivity index (χ1v) is 11.8. The van der Waals surface area contributed by atoms with Crippen LogP contribution in [0.3, 0.4) is 0 Å². The third-order valence-corrected chi connectivity index (χ3v) is 6.30. The van der Waals surface area contributed by atoms with E-state index < -0.39 is 36.7 Å². The van der Waals surface area contributed by atoms with Gasteiger partial charge >= 0.3 is 0 Å². The number of piperidine rings is 1. The molecule has 12 heteroatoms. The van der Waals surface area contributed by atoms with E-state index in [1.54, 1.807) is 32.2 Å². The Morgan fingerprint density at radius 3 is 2.76 bits per heavy atom. The lowest BCUT2D eigenvalue weighted by Gasteiger charge is -2.36. The highest BCUT2D eigenvalue weighted by Crippen LogP contribution is 2.40. The van der Waals surface area contributed by atoms with Crippen LogP contribution in [-0.2, 0) is 4.79 Å². The molecule has 0 saturated carbocycles. The van der Waals surface area contributed by atoms with Gasteiger partial charge in [0.1, 0.15) is 5.92 Å². The lowest BCUT2D eigenvalue weighted by atomic mass is 9.92. The summed E-state index contributed by atoms with van der Waals surface area (Å²) in [5, 5.41) is 26.1. The third-order valence-electron chi connectivity index (χ3n) is 6.30. The van der Waals surface area contributed by atoms with Crippen LogP contribution in [0.2, 0.25) is 0 Å². The van der Waals surface area contributed by atoms with Crippen LogP contribution in [0.15, 0.2) is 47.0 Å². The second-order valence-corrected chi connectivity index (χ2v) is 8.88. The molecule has 10 nitrogen and oxygen atoms in total. The molecule has 2 heterocycles. The standard InChI is InChI=1S/C26H25F2N7O3/c1-15(30)19-7-6-17(11-21(19)31-2)23-33-25(38-34-23)20-8-9-35(14-26(20,27)28)22(36)13-32-24(37)18-5-3-4-16(10-18)12-29/h3-7,10-11,20,30-31H,8-9,13-14H2,1-2H3,(H,32,37). The Morgan fingerprint density at radius 1 is 1.29 bits per heavy atom. The lowest BCUT2D eigenvalue weighted by Crippen LogP contribution is -2.52. The van der Waals surface area contributed by atoms with Gasteiger partial charge in [-0.15, -0.1) is 0 Å². The van der Waals surface area contributed by atoms with Crippen LogP contribution >= 0.6 is 0 Å². The Kier molecular flexibility index (Phi) is 7.47. The number of alkyl halides is 2. The smallest absolute Gasteiger partial charge is 0.276 e. The van der Waals surface area contributed by atoms with Crippen LogP contribution in [0.5, 0.6) is 0 Å². The zero-order valence-corrected chi connectivity index (χ0v) is 20.7. The SMILES string of the molecule is CNc1cc(-c2noc(C3CCN(C(=O)CNC(=O)c4cccc(C#N)c4)CC3(F)F)n2)ccc1C(C)=N. The number of nitrogens with zero attached hydrogens (tertiary/aromatic N) is 4. The van der Waals surface area contributed by atoms with Gasteiger partial charge in [0.05, 0.1) is 24.7 Å². The first-order valence-electron chi connectivity index (χ1n) is 11.8. The topological polar surface area (TPSA) is 148 Å². The number of benzene rings is 2. The Bertz CT molecular complexity index is 1430. The predicted molar refractivity (Wildman–Crippen MR) is 134 cm³/mol. The molecule has 1 atom stereocenters. The minimum atomic E-state index is -3.33. The molecule has 0 aliphatic carbocycles. The molecule has 1 unspecified atom stereocenters. The second-order valence-electron chi connectivity index (χ2n) is 8.88. The van der Waals surface area contributed by atoms with E-state index >= 15 is 8.78 Å². The van der Waals surface area contributed by atoms with E-state index in [0.717, 1.165) is 4.90 Å². The van der Waals surface area contributed by atoms with Gasteiger partial charge in [0.25, 0.3) is 11.8 Å². The van der Waals surface area contributed by atoms with Gasteiger partial charge in [-0.3, -0.25) is 9.59 Å². The molecular weight excluding hydrogens is 496 g/mol. The summed E-state index contributed by atoms with van der Waals surface area (Å²) in [4.78, 5) is 30.1. The molecule has 1 aliphatic rings. The minimum Gasteiger partial charge on any atom is -0.388 e. The Morgan fingerprint density at radius 2 is 2.08 bits per heavy atom. The summed E-state index contributed by atoms with van der Waals surface area (Å²) in [6.45, 7) is 0.364. The summed E-state index contributed by atoms with van der Waals surface area (Å²) in [5.74, 6) is -6.02. The third kappa shape index (κ3) is 5.51. The highest BCUT2D eigenvalue weighted by Gasteiger charge is 2.49. The number of carbonyl (C=O) groups excluding carboxylic acids is 2. The summed E-state index contributed by atoms with van der Waals surface area (Å²) >= 11 is 0. The summed E-state index contributed by atoms with van der Waals surface area (Å²) in [7, 11) is 1.71. The number of hydrogen-bond acceptors (Lipinski definition) is 8. The first-order chi connectivity index (χ1) is 18.1. The van der Waals surface area contributed by atoms with Crippen molar-refractivity contribution in [2.24, 2.45) is 0 Å².